The van der Waals surface area contributed by atoms with Crippen molar-refractivity contribution in [3.63, 3.8) is 0 Å². The summed E-state index contributed by atoms with van der Waals surface area (Å²) in [6, 6.07) is 83.4. The van der Waals surface area contributed by atoms with Crippen LogP contribution in [0.5, 0.6) is 0 Å². The van der Waals surface area contributed by atoms with Crippen molar-refractivity contribution in [3.8, 4) is 12.1 Å². The fraction of sp³-hybridized carbons (Fsp3) is 0. The van der Waals surface area contributed by atoms with Gasteiger partial charge in [-0.15, -0.1) is 0 Å². The molecule has 0 aliphatic rings. The van der Waals surface area contributed by atoms with Crippen LogP contribution in [-0.4, -0.2) is 0 Å². The van der Waals surface area contributed by atoms with Crippen LogP contribution in [-0.2, 0) is 0 Å². The van der Waals surface area contributed by atoms with E-state index in [2.05, 4.69) is 182 Å². The van der Waals surface area contributed by atoms with Gasteiger partial charge in [0.15, 0.2) is 0 Å². The van der Waals surface area contributed by atoms with Crippen molar-refractivity contribution in [2.75, 3.05) is 0 Å². The molecule has 272 valence electrons. The molecule has 0 bridgehead atoms. The Morgan fingerprint density at radius 1 is 0.207 bits per heavy atom. The summed E-state index contributed by atoms with van der Waals surface area (Å²) in [6.07, 6.45) is 0. The smallest absolute Gasteiger partial charge is 0.101 e. The van der Waals surface area contributed by atoms with Gasteiger partial charge in [-0.05, 0) is 77.9 Å². The fourth-order valence-electron chi connectivity index (χ4n) is 7.59. The number of rotatable bonds is 10. The Morgan fingerprint density at radius 3 is 0.534 bits per heavy atom. The summed E-state index contributed by atoms with van der Waals surface area (Å²) in [4.78, 5) is 0. The molecule has 0 N–H and O–H groups in total. The van der Waals surface area contributed by atoms with Crippen molar-refractivity contribution in [3.05, 3.63) is 286 Å². The molecule has 0 saturated heterocycles. The Morgan fingerprint density at radius 2 is 0.362 bits per heavy atom. The third-order valence-electron chi connectivity index (χ3n) is 10.3. The van der Waals surface area contributed by atoms with Gasteiger partial charge in [-0.3, -0.25) is 0 Å². The average Bonchev–Trinajstić information content (AvgIpc) is 3.31. The van der Waals surface area contributed by atoms with Crippen LogP contribution in [0.1, 0.15) is 55.6 Å². The minimum atomic E-state index is 0.325. The van der Waals surface area contributed by atoms with E-state index in [1.807, 2.05) is 60.7 Å². The monoisotopic (exact) mass is 738 g/mol. The zero-order valence-corrected chi connectivity index (χ0v) is 31.8. The van der Waals surface area contributed by atoms with Crippen molar-refractivity contribution < 1.29 is 0 Å². The molecule has 0 aliphatic heterocycles. The van der Waals surface area contributed by atoms with Crippen LogP contribution < -0.4 is 0 Å². The van der Waals surface area contributed by atoms with E-state index in [4.69, 9.17) is 0 Å². The van der Waals surface area contributed by atoms with Crippen LogP contribution in [0.2, 0.25) is 0 Å². The highest BCUT2D eigenvalue weighted by atomic mass is 14.3. The number of benzene rings is 8. The highest BCUT2D eigenvalue weighted by molar-refractivity contribution is 6.07. The lowest BCUT2D eigenvalue weighted by molar-refractivity contribution is 1.47. The minimum absolute atomic E-state index is 0.325. The highest BCUT2D eigenvalue weighted by Crippen LogP contribution is 2.39. The van der Waals surface area contributed by atoms with Crippen LogP contribution in [0.4, 0.5) is 0 Å². The van der Waals surface area contributed by atoms with E-state index in [0.29, 0.717) is 22.3 Å². The molecular formula is C56H38N2. The van der Waals surface area contributed by atoms with Crippen LogP contribution in [0.25, 0.3) is 33.4 Å². The molecule has 0 atom stereocenters. The Hall–Kier alpha value is -8.04. The largest absolute Gasteiger partial charge is 0.192 e. The van der Waals surface area contributed by atoms with E-state index in [0.717, 1.165) is 66.8 Å². The quantitative estimate of drug-likeness (QED) is 0.104. The normalized spacial score (nSPS) is 11.0. The van der Waals surface area contributed by atoms with Gasteiger partial charge in [-0.2, -0.15) is 10.5 Å². The summed E-state index contributed by atoms with van der Waals surface area (Å²) in [5, 5.41) is 21.3. The Bertz CT molecular complexity index is 2520. The molecule has 2 heteroatoms. The van der Waals surface area contributed by atoms with E-state index in [1.54, 1.807) is 0 Å². The maximum absolute atomic E-state index is 10.6. The van der Waals surface area contributed by atoms with E-state index < -0.39 is 0 Å². The Balaban J connectivity index is 1.24. The molecular weight excluding hydrogens is 701 g/mol. The number of hydrogen-bond acceptors (Lipinski definition) is 2. The molecule has 0 aromatic heterocycles. The molecule has 2 nitrogen and oxygen atoms in total. The van der Waals surface area contributed by atoms with E-state index in [-0.39, 0.29) is 0 Å². The second-order valence-corrected chi connectivity index (χ2v) is 13.8. The summed E-state index contributed by atoms with van der Waals surface area (Å²) in [5.74, 6) is 0. The predicted molar refractivity (Wildman–Crippen MR) is 240 cm³/mol. The number of nitriles is 2. The number of allylic oxidation sites excluding steroid dienone is 2. The van der Waals surface area contributed by atoms with Crippen molar-refractivity contribution in [2.24, 2.45) is 0 Å². The van der Waals surface area contributed by atoms with Crippen LogP contribution >= 0.6 is 0 Å². The second kappa shape index (κ2) is 17.6. The lowest BCUT2D eigenvalue weighted by Gasteiger charge is -2.18. The van der Waals surface area contributed by atoms with E-state index in [1.165, 1.54) is 0 Å². The Labute approximate surface area is 340 Å². The van der Waals surface area contributed by atoms with Gasteiger partial charge in [0.1, 0.15) is 12.1 Å². The van der Waals surface area contributed by atoms with Crippen molar-refractivity contribution >= 4 is 33.4 Å². The van der Waals surface area contributed by atoms with Crippen LogP contribution in [0.15, 0.2) is 231 Å². The van der Waals surface area contributed by atoms with Gasteiger partial charge in [0.05, 0.1) is 11.1 Å². The molecule has 0 saturated carbocycles. The molecule has 8 rings (SSSR count). The van der Waals surface area contributed by atoms with Gasteiger partial charge >= 0.3 is 0 Å². The first-order valence-corrected chi connectivity index (χ1v) is 19.3. The van der Waals surface area contributed by atoms with Crippen molar-refractivity contribution in [1.29, 1.82) is 10.5 Å². The summed E-state index contributed by atoms with van der Waals surface area (Å²) >= 11 is 0. The topological polar surface area (TPSA) is 47.6 Å². The zero-order valence-electron chi connectivity index (χ0n) is 31.8. The molecule has 0 amide bonds. The van der Waals surface area contributed by atoms with Crippen molar-refractivity contribution in [2.45, 2.75) is 0 Å². The number of nitrogens with zero attached hydrogens (tertiary/aromatic N) is 2. The third-order valence-corrected chi connectivity index (χ3v) is 10.3. The van der Waals surface area contributed by atoms with Crippen molar-refractivity contribution in [1.82, 2.24) is 0 Å². The lowest BCUT2D eigenvalue weighted by Crippen LogP contribution is -1.98. The Kier molecular flexibility index (Phi) is 11.2. The van der Waals surface area contributed by atoms with Gasteiger partial charge in [-0.1, -0.05) is 231 Å². The van der Waals surface area contributed by atoms with Gasteiger partial charge in [-0.25, -0.2) is 0 Å². The first kappa shape index (κ1) is 36.9. The summed E-state index contributed by atoms with van der Waals surface area (Å²) in [5.41, 5.74) is 15.0. The fourth-order valence-corrected chi connectivity index (χ4v) is 7.59. The van der Waals surface area contributed by atoms with E-state index >= 15 is 0 Å². The molecule has 8 aromatic rings. The van der Waals surface area contributed by atoms with Gasteiger partial charge in [0.25, 0.3) is 0 Å². The zero-order chi connectivity index (χ0) is 39.5. The SMILES string of the molecule is N#C/C(=C(\C#N)c1ccc(C(=C(c2ccccc2)c2ccccc2)c2ccccc2)cc1)c1ccc(C(=C(c2ccccc2)c2ccccc2)c2ccccc2)cc1. The summed E-state index contributed by atoms with van der Waals surface area (Å²) in [6.45, 7) is 0. The first-order chi connectivity index (χ1) is 28.7. The van der Waals surface area contributed by atoms with Crippen LogP contribution in [0, 0.1) is 22.7 Å². The maximum Gasteiger partial charge on any atom is 0.101 e. The van der Waals surface area contributed by atoms with Gasteiger partial charge in [0.2, 0.25) is 0 Å². The van der Waals surface area contributed by atoms with E-state index in [9.17, 15) is 10.5 Å². The molecule has 8 aromatic carbocycles. The average molecular weight is 739 g/mol. The third kappa shape index (κ3) is 7.87. The molecule has 0 aliphatic carbocycles. The maximum atomic E-state index is 10.6. The molecule has 0 spiro atoms. The minimum Gasteiger partial charge on any atom is -0.192 e. The van der Waals surface area contributed by atoms with Gasteiger partial charge < -0.3 is 0 Å². The number of hydrogen-bond donors (Lipinski definition) is 0. The molecule has 58 heavy (non-hydrogen) atoms. The van der Waals surface area contributed by atoms with Crippen LogP contribution in [0.3, 0.4) is 0 Å². The summed E-state index contributed by atoms with van der Waals surface area (Å²) in [7, 11) is 0. The molecule has 0 heterocycles. The molecule has 0 fully saturated rings. The molecule has 0 radical (unpaired) electrons. The van der Waals surface area contributed by atoms with Gasteiger partial charge in [0, 0.05) is 0 Å². The highest BCUT2D eigenvalue weighted by Gasteiger charge is 2.19. The predicted octanol–water partition coefficient (Wildman–Crippen LogP) is 13.7. The lowest BCUT2D eigenvalue weighted by atomic mass is 9.84. The molecule has 0 unspecified atom stereocenters. The first-order valence-electron chi connectivity index (χ1n) is 19.3. The standard InChI is InChI=1S/C56H38N2/c57-39-51(41-31-35-49(36-32-41)55(47-27-15-5-16-28-47)53(43-19-7-1-8-20-43)44-21-9-2-10-22-44)52(40-58)42-33-37-50(38-34-42)56(48-29-17-6-18-30-48)54(45-23-11-3-12-24-45)46-25-13-4-14-26-46/h1-38H/b52-51-. The summed E-state index contributed by atoms with van der Waals surface area (Å²) < 4.78 is 0. The second-order valence-electron chi connectivity index (χ2n) is 13.8.